The molecule has 0 aliphatic rings. The molecule has 0 unspecified atom stereocenters. The minimum Gasteiger partial charge on any atom is -0.343 e. The summed E-state index contributed by atoms with van der Waals surface area (Å²) < 4.78 is 0. The number of carbonyl (C=O) groups is 2. The molecule has 0 bridgehead atoms. The van der Waals surface area contributed by atoms with Crippen LogP contribution in [0.25, 0.3) is 0 Å². The molecule has 1 N–H and O–H groups in total. The van der Waals surface area contributed by atoms with Gasteiger partial charge in [-0.25, -0.2) is 4.79 Å². The summed E-state index contributed by atoms with van der Waals surface area (Å²) in [5.41, 5.74) is 0.172. The van der Waals surface area contributed by atoms with Crippen molar-refractivity contribution >= 4 is 57.7 Å². The van der Waals surface area contributed by atoms with Crippen molar-refractivity contribution in [3.05, 3.63) is 28.2 Å². The van der Waals surface area contributed by atoms with Gasteiger partial charge in [0, 0.05) is 14.1 Å². The van der Waals surface area contributed by atoms with Gasteiger partial charge in [-0.15, -0.1) is 0 Å². The van der Waals surface area contributed by atoms with E-state index in [1.54, 1.807) is 6.07 Å². The summed E-state index contributed by atoms with van der Waals surface area (Å²) in [5, 5.41) is 5.45. The lowest BCUT2D eigenvalue weighted by Gasteiger charge is -2.08. The zero-order chi connectivity index (χ0) is 15.3. The number of hydrogen-bond acceptors (Lipinski definition) is 4. The van der Waals surface area contributed by atoms with Gasteiger partial charge in [0.25, 0.3) is 5.91 Å². The molecule has 0 saturated carbocycles. The summed E-state index contributed by atoms with van der Waals surface area (Å²) in [6.45, 7) is 0. The summed E-state index contributed by atoms with van der Waals surface area (Å²) in [7, 11) is 2.95. The molecule has 9 heteroatoms. The number of rotatable bonds is 3. The maximum Gasteiger partial charge on any atom is 0.437 e. The van der Waals surface area contributed by atoms with Crippen LogP contribution in [-0.2, 0) is 9.63 Å². The van der Waals surface area contributed by atoms with E-state index in [4.69, 9.17) is 34.8 Å². The summed E-state index contributed by atoms with van der Waals surface area (Å²) in [4.78, 5) is 28.4. The van der Waals surface area contributed by atoms with E-state index in [1.165, 1.54) is 31.1 Å². The lowest BCUT2D eigenvalue weighted by molar-refractivity contribution is -0.121. The second-order valence-electron chi connectivity index (χ2n) is 3.68. The Labute approximate surface area is 130 Å². The smallest absolute Gasteiger partial charge is 0.343 e. The normalized spacial score (nSPS) is 10.9. The number of nitrogens with one attached hydrogen (secondary N) is 1. The van der Waals surface area contributed by atoms with Gasteiger partial charge in [-0.3, -0.25) is 14.9 Å². The van der Waals surface area contributed by atoms with Crippen molar-refractivity contribution in [3.63, 3.8) is 0 Å². The van der Waals surface area contributed by atoms with E-state index in [0.29, 0.717) is 0 Å². The molecule has 0 aliphatic heterocycles. The Morgan fingerprint density at radius 2 is 1.80 bits per heavy atom. The largest absolute Gasteiger partial charge is 0.437 e. The number of nitrogens with zero attached hydrogens (tertiary/aromatic N) is 2. The van der Waals surface area contributed by atoms with Crippen LogP contribution in [0.15, 0.2) is 23.4 Å². The van der Waals surface area contributed by atoms with Gasteiger partial charge in [0.05, 0.1) is 15.7 Å². The highest BCUT2D eigenvalue weighted by atomic mass is 35.5. The fourth-order valence-corrected chi connectivity index (χ4v) is 1.74. The van der Waals surface area contributed by atoms with Crippen LogP contribution in [0.4, 0.5) is 10.5 Å². The second kappa shape index (κ2) is 7.33. The highest BCUT2D eigenvalue weighted by Crippen LogP contribution is 2.29. The van der Waals surface area contributed by atoms with Crippen molar-refractivity contribution in [2.75, 3.05) is 19.4 Å². The highest BCUT2D eigenvalue weighted by Gasteiger charge is 2.14. The number of anilines is 1. The molecule has 2 amide bonds. The molecule has 1 aromatic rings. The van der Waals surface area contributed by atoms with Crippen LogP contribution in [0.1, 0.15) is 0 Å². The van der Waals surface area contributed by atoms with E-state index < -0.39 is 17.2 Å². The number of carbonyl (C=O) groups excluding carboxylic acids is 2. The molecular formula is C11H10Cl3N3O3. The van der Waals surface area contributed by atoms with Crippen LogP contribution in [-0.4, -0.2) is 36.2 Å². The molecular weight excluding hydrogens is 328 g/mol. The SMILES string of the molecule is CN(C)C(=O)C(Cl)=NOC(=O)Nc1c(Cl)cccc1Cl. The Balaban J connectivity index is 2.70. The number of halogens is 3. The van der Waals surface area contributed by atoms with Gasteiger partial charge in [0.1, 0.15) is 0 Å². The van der Waals surface area contributed by atoms with Crippen molar-refractivity contribution in [1.82, 2.24) is 4.90 Å². The molecule has 0 radical (unpaired) electrons. The Hall–Kier alpha value is -1.50. The number of para-hydroxylation sites is 1. The van der Waals surface area contributed by atoms with Crippen LogP contribution in [0.5, 0.6) is 0 Å². The molecule has 0 fully saturated rings. The summed E-state index contributed by atoms with van der Waals surface area (Å²) in [6, 6.07) is 4.69. The van der Waals surface area contributed by atoms with E-state index in [-0.39, 0.29) is 15.7 Å². The van der Waals surface area contributed by atoms with Gasteiger partial charge >= 0.3 is 6.09 Å². The van der Waals surface area contributed by atoms with E-state index in [2.05, 4.69) is 15.3 Å². The van der Waals surface area contributed by atoms with E-state index in [1.807, 2.05) is 0 Å². The van der Waals surface area contributed by atoms with Gasteiger partial charge < -0.3 is 4.90 Å². The Morgan fingerprint density at radius 3 is 2.30 bits per heavy atom. The third-order valence-corrected chi connectivity index (χ3v) is 2.84. The molecule has 0 spiro atoms. The molecule has 1 rings (SSSR count). The Morgan fingerprint density at radius 1 is 1.25 bits per heavy atom. The van der Waals surface area contributed by atoms with Gasteiger partial charge in [-0.05, 0) is 12.1 Å². The predicted molar refractivity (Wildman–Crippen MR) is 78.5 cm³/mol. The first-order valence-corrected chi connectivity index (χ1v) is 6.33. The number of hydrogen-bond donors (Lipinski definition) is 1. The third-order valence-electron chi connectivity index (χ3n) is 1.98. The fraction of sp³-hybridized carbons (Fsp3) is 0.182. The van der Waals surface area contributed by atoms with Crippen LogP contribution < -0.4 is 5.32 Å². The average Bonchev–Trinajstić information content (AvgIpc) is 2.39. The van der Waals surface area contributed by atoms with Crippen LogP contribution in [0, 0.1) is 0 Å². The molecule has 0 saturated heterocycles. The van der Waals surface area contributed by atoms with Crippen molar-refractivity contribution < 1.29 is 14.4 Å². The van der Waals surface area contributed by atoms with Gasteiger partial charge in [-0.1, -0.05) is 46.0 Å². The zero-order valence-electron chi connectivity index (χ0n) is 10.5. The second-order valence-corrected chi connectivity index (χ2v) is 4.85. The highest BCUT2D eigenvalue weighted by molar-refractivity contribution is 6.82. The Kier molecular flexibility index (Phi) is 6.06. The fourth-order valence-electron chi connectivity index (χ4n) is 1.05. The van der Waals surface area contributed by atoms with Crippen molar-refractivity contribution in [3.8, 4) is 0 Å². The van der Waals surface area contributed by atoms with E-state index >= 15 is 0 Å². The topological polar surface area (TPSA) is 71.0 Å². The third kappa shape index (κ3) is 4.56. The van der Waals surface area contributed by atoms with Crippen LogP contribution in [0.2, 0.25) is 10.0 Å². The first kappa shape index (κ1) is 16.6. The first-order valence-electron chi connectivity index (χ1n) is 5.20. The summed E-state index contributed by atoms with van der Waals surface area (Å²) >= 11 is 17.2. The molecule has 0 aliphatic carbocycles. The first-order chi connectivity index (χ1) is 9.32. The number of oxime groups is 1. The lowest BCUT2D eigenvalue weighted by Crippen LogP contribution is -2.27. The monoisotopic (exact) mass is 337 g/mol. The Bertz CT molecular complexity index is 541. The number of benzene rings is 1. The van der Waals surface area contributed by atoms with Gasteiger partial charge in [0.2, 0.25) is 5.17 Å². The van der Waals surface area contributed by atoms with E-state index in [9.17, 15) is 9.59 Å². The number of amides is 2. The molecule has 1 aromatic carbocycles. The maximum atomic E-state index is 11.5. The van der Waals surface area contributed by atoms with Crippen LogP contribution >= 0.6 is 34.8 Å². The maximum absolute atomic E-state index is 11.5. The zero-order valence-corrected chi connectivity index (χ0v) is 12.8. The van der Waals surface area contributed by atoms with E-state index in [0.717, 1.165) is 0 Å². The standard InChI is InChI=1S/C11H10Cl3N3O3/c1-17(2)10(18)9(14)16-20-11(19)15-8-6(12)4-3-5-7(8)13/h3-5H,1-2H3,(H,15,19). The van der Waals surface area contributed by atoms with Crippen molar-refractivity contribution in [2.24, 2.45) is 5.16 Å². The molecule has 0 aromatic heterocycles. The molecule has 20 heavy (non-hydrogen) atoms. The lowest BCUT2D eigenvalue weighted by atomic mass is 10.3. The summed E-state index contributed by atoms with van der Waals surface area (Å²) in [5.74, 6) is -0.602. The van der Waals surface area contributed by atoms with Gasteiger partial charge in [0.15, 0.2) is 0 Å². The molecule has 6 nitrogen and oxygen atoms in total. The minimum absolute atomic E-state index is 0.172. The molecule has 0 atom stereocenters. The summed E-state index contributed by atoms with van der Waals surface area (Å²) in [6.07, 6.45) is -0.982. The molecule has 0 heterocycles. The van der Waals surface area contributed by atoms with Crippen molar-refractivity contribution in [1.29, 1.82) is 0 Å². The average molecular weight is 339 g/mol. The minimum atomic E-state index is -0.982. The predicted octanol–water partition coefficient (Wildman–Crippen LogP) is 3.18. The van der Waals surface area contributed by atoms with Gasteiger partial charge in [-0.2, -0.15) is 0 Å². The quantitative estimate of drug-likeness (QED) is 0.523. The molecule has 108 valence electrons. The van der Waals surface area contributed by atoms with Crippen LogP contribution in [0.3, 0.4) is 0 Å². The van der Waals surface area contributed by atoms with Crippen molar-refractivity contribution in [2.45, 2.75) is 0 Å².